The molecule has 0 amide bonds. The summed E-state index contributed by atoms with van der Waals surface area (Å²) in [5.41, 5.74) is 5.83. The molecule has 6 heteroatoms. The minimum atomic E-state index is -0.434. The number of pyridine rings is 1. The van der Waals surface area contributed by atoms with Crippen molar-refractivity contribution in [3.8, 4) is 0 Å². The van der Waals surface area contributed by atoms with Crippen LogP contribution < -0.4 is 5.43 Å². The minimum absolute atomic E-state index is 0.0356. The molecule has 0 aliphatic rings. The quantitative estimate of drug-likeness (QED) is 0.450. The van der Waals surface area contributed by atoms with E-state index in [2.05, 4.69) is 15.5 Å². The number of fused-ring (bicyclic) bond motifs is 1. The maximum Gasteiger partial charge on any atom is 0.294 e. The summed E-state index contributed by atoms with van der Waals surface area (Å²) in [6.45, 7) is 2.01. The first kappa shape index (κ1) is 14.6. The van der Waals surface area contributed by atoms with Crippen molar-refractivity contribution in [2.24, 2.45) is 5.10 Å². The molecule has 1 N–H and O–H groups in total. The van der Waals surface area contributed by atoms with Crippen molar-refractivity contribution in [2.75, 3.05) is 5.43 Å². The number of nitrogens with zero attached hydrogens (tertiary/aromatic N) is 3. The van der Waals surface area contributed by atoms with Gasteiger partial charge >= 0.3 is 0 Å². The van der Waals surface area contributed by atoms with E-state index in [1.807, 2.05) is 31.2 Å². The fourth-order valence-corrected chi connectivity index (χ4v) is 2.23. The van der Waals surface area contributed by atoms with Gasteiger partial charge in [0.1, 0.15) is 5.69 Å². The topological polar surface area (TPSA) is 80.4 Å². The summed E-state index contributed by atoms with van der Waals surface area (Å²) in [6.07, 6.45) is 3.27. The zero-order valence-electron chi connectivity index (χ0n) is 12.4. The molecule has 6 nitrogen and oxygen atoms in total. The third-order valence-electron chi connectivity index (χ3n) is 3.43. The molecule has 3 aromatic rings. The normalized spacial score (nSPS) is 11.0. The highest BCUT2D eigenvalue weighted by atomic mass is 16.6. The number of nitrogens with one attached hydrogen (secondary N) is 1. The molecule has 0 fully saturated rings. The molecule has 114 valence electrons. The lowest BCUT2D eigenvalue weighted by atomic mass is 10.1. The third-order valence-corrected chi connectivity index (χ3v) is 3.43. The van der Waals surface area contributed by atoms with Gasteiger partial charge in [-0.25, -0.2) is 0 Å². The number of nitro groups is 1. The fourth-order valence-electron chi connectivity index (χ4n) is 2.23. The van der Waals surface area contributed by atoms with Gasteiger partial charge in [-0.3, -0.25) is 20.5 Å². The van der Waals surface area contributed by atoms with Crippen molar-refractivity contribution in [3.05, 3.63) is 76.0 Å². The van der Waals surface area contributed by atoms with Gasteiger partial charge in [0.2, 0.25) is 0 Å². The number of aryl methyl sites for hydroxylation is 1. The lowest BCUT2D eigenvalue weighted by Crippen LogP contribution is -1.98. The Bertz CT molecular complexity index is 889. The number of nitro benzene ring substituents is 1. The van der Waals surface area contributed by atoms with E-state index in [4.69, 9.17) is 0 Å². The number of hydrogen-bond donors (Lipinski definition) is 1. The molecular formula is C17H14N4O2. The molecule has 0 aliphatic carbocycles. The molecule has 0 unspecified atom stereocenters. The number of benzene rings is 2. The van der Waals surface area contributed by atoms with Crippen LogP contribution in [0, 0.1) is 17.0 Å². The summed E-state index contributed by atoms with van der Waals surface area (Å²) in [5, 5.41) is 16.0. The average Bonchev–Trinajstić information content (AvgIpc) is 2.56. The number of aromatic nitrogens is 1. The zero-order valence-corrected chi connectivity index (χ0v) is 12.4. The van der Waals surface area contributed by atoms with Crippen molar-refractivity contribution >= 4 is 28.5 Å². The van der Waals surface area contributed by atoms with Crippen LogP contribution in [0.5, 0.6) is 0 Å². The highest BCUT2D eigenvalue weighted by Crippen LogP contribution is 2.31. The first-order valence-corrected chi connectivity index (χ1v) is 7.03. The molecule has 1 aromatic heterocycles. The van der Waals surface area contributed by atoms with Crippen LogP contribution >= 0.6 is 0 Å². The highest BCUT2D eigenvalue weighted by Gasteiger charge is 2.16. The number of rotatable bonds is 4. The lowest BCUT2D eigenvalue weighted by Gasteiger charge is -2.06. The highest BCUT2D eigenvalue weighted by molar-refractivity contribution is 5.96. The fraction of sp³-hybridized carbons (Fsp3) is 0.0588. The van der Waals surface area contributed by atoms with Crippen molar-refractivity contribution in [3.63, 3.8) is 0 Å². The lowest BCUT2D eigenvalue weighted by molar-refractivity contribution is -0.383. The second-order valence-corrected chi connectivity index (χ2v) is 5.07. The molecule has 0 saturated heterocycles. The number of hydrogen-bond acceptors (Lipinski definition) is 5. The van der Waals surface area contributed by atoms with E-state index in [1.165, 1.54) is 6.07 Å². The Morgan fingerprint density at radius 1 is 1.17 bits per heavy atom. The predicted molar refractivity (Wildman–Crippen MR) is 90.8 cm³/mol. The van der Waals surface area contributed by atoms with Crippen molar-refractivity contribution < 1.29 is 4.92 Å². The Hall–Kier alpha value is -3.28. The van der Waals surface area contributed by atoms with Crippen molar-refractivity contribution in [1.82, 2.24) is 4.98 Å². The second-order valence-electron chi connectivity index (χ2n) is 5.07. The Balaban J connectivity index is 1.96. The van der Waals surface area contributed by atoms with E-state index < -0.39 is 4.92 Å². The third kappa shape index (κ3) is 3.16. The van der Waals surface area contributed by atoms with Crippen LogP contribution in [0.25, 0.3) is 10.9 Å². The van der Waals surface area contributed by atoms with Crippen LogP contribution in [-0.2, 0) is 0 Å². The van der Waals surface area contributed by atoms with E-state index in [0.717, 1.165) is 11.1 Å². The molecule has 3 rings (SSSR count). The van der Waals surface area contributed by atoms with Crippen LogP contribution in [0.1, 0.15) is 11.1 Å². The smallest absolute Gasteiger partial charge is 0.271 e. The monoisotopic (exact) mass is 306 g/mol. The standard InChI is InChI=1S/C17H14N4O2/c1-12-4-6-13(7-5-12)11-19-20-17-14-3-2-10-18-15(14)8-9-16(17)21(22)23/h2-11,20H,1H3/b19-11+. The molecule has 2 aromatic carbocycles. The molecule has 0 radical (unpaired) electrons. The molecule has 0 bridgehead atoms. The second kappa shape index (κ2) is 6.23. The van der Waals surface area contributed by atoms with Crippen molar-refractivity contribution in [2.45, 2.75) is 6.92 Å². The zero-order chi connectivity index (χ0) is 16.2. The summed E-state index contributed by atoms with van der Waals surface area (Å²) < 4.78 is 0. The average molecular weight is 306 g/mol. The summed E-state index contributed by atoms with van der Waals surface area (Å²) >= 11 is 0. The first-order chi connectivity index (χ1) is 11.1. The Morgan fingerprint density at radius 2 is 1.96 bits per heavy atom. The van der Waals surface area contributed by atoms with E-state index >= 15 is 0 Å². The van der Waals surface area contributed by atoms with Gasteiger partial charge < -0.3 is 0 Å². The van der Waals surface area contributed by atoms with Gasteiger partial charge in [0.15, 0.2) is 0 Å². The molecule has 0 saturated carbocycles. The van der Waals surface area contributed by atoms with E-state index in [9.17, 15) is 10.1 Å². The summed E-state index contributed by atoms with van der Waals surface area (Å²) in [5.74, 6) is 0. The SMILES string of the molecule is Cc1ccc(/C=N/Nc2c([N+](=O)[O-])ccc3ncccc23)cc1. The molecule has 0 atom stereocenters. The first-order valence-electron chi connectivity index (χ1n) is 7.03. The van der Waals surface area contributed by atoms with Crippen molar-refractivity contribution in [1.29, 1.82) is 0 Å². The molecule has 23 heavy (non-hydrogen) atoms. The van der Waals surface area contributed by atoms with Crippen LogP contribution in [0.4, 0.5) is 11.4 Å². The largest absolute Gasteiger partial charge is 0.294 e. The number of anilines is 1. The van der Waals surface area contributed by atoms with Crippen LogP contribution in [0.2, 0.25) is 0 Å². The van der Waals surface area contributed by atoms with Crippen LogP contribution in [-0.4, -0.2) is 16.1 Å². The summed E-state index contributed by atoms with van der Waals surface area (Å²) in [4.78, 5) is 15.0. The molecule has 0 aliphatic heterocycles. The summed E-state index contributed by atoms with van der Waals surface area (Å²) in [6, 6.07) is 14.4. The van der Waals surface area contributed by atoms with Gasteiger partial charge in [0, 0.05) is 17.6 Å². The molecule has 0 spiro atoms. The van der Waals surface area contributed by atoms with Gasteiger partial charge in [-0.1, -0.05) is 29.8 Å². The predicted octanol–water partition coefficient (Wildman–Crippen LogP) is 3.90. The van der Waals surface area contributed by atoms with Gasteiger partial charge in [0.25, 0.3) is 5.69 Å². The number of hydrazone groups is 1. The Kier molecular flexibility index (Phi) is 3.97. The molecule has 1 heterocycles. The van der Waals surface area contributed by atoms with E-state index in [1.54, 1.807) is 30.6 Å². The minimum Gasteiger partial charge on any atom is -0.271 e. The Morgan fingerprint density at radius 3 is 2.70 bits per heavy atom. The Labute approximate surface area is 132 Å². The maximum atomic E-state index is 11.2. The summed E-state index contributed by atoms with van der Waals surface area (Å²) in [7, 11) is 0. The van der Waals surface area contributed by atoms with Gasteiger partial charge in [-0.05, 0) is 30.7 Å². The maximum absolute atomic E-state index is 11.2. The van der Waals surface area contributed by atoms with Gasteiger partial charge in [-0.2, -0.15) is 5.10 Å². The van der Waals surface area contributed by atoms with Gasteiger partial charge in [0.05, 0.1) is 16.7 Å². The van der Waals surface area contributed by atoms with Crippen LogP contribution in [0.3, 0.4) is 0 Å². The van der Waals surface area contributed by atoms with E-state index in [0.29, 0.717) is 16.6 Å². The molecular weight excluding hydrogens is 292 g/mol. The van der Waals surface area contributed by atoms with Crippen LogP contribution in [0.15, 0.2) is 59.8 Å². The van der Waals surface area contributed by atoms with Gasteiger partial charge in [-0.15, -0.1) is 0 Å². The van der Waals surface area contributed by atoms with E-state index in [-0.39, 0.29) is 5.69 Å².